The second-order valence-electron chi connectivity index (χ2n) is 6.01. The van der Waals surface area contributed by atoms with E-state index in [1.54, 1.807) is 32.0 Å². The first-order chi connectivity index (χ1) is 13.3. The average Bonchev–Trinajstić information content (AvgIpc) is 3.05. The summed E-state index contributed by atoms with van der Waals surface area (Å²) >= 11 is 6.12. The van der Waals surface area contributed by atoms with E-state index in [1.807, 2.05) is 6.92 Å². The number of hydrogen-bond acceptors (Lipinski definition) is 7. The summed E-state index contributed by atoms with van der Waals surface area (Å²) in [6.45, 7) is 4.83. The fourth-order valence-electron chi connectivity index (χ4n) is 2.62. The summed E-state index contributed by atoms with van der Waals surface area (Å²) < 4.78 is 11.0. The lowest BCUT2D eigenvalue weighted by molar-refractivity contribution is -0.116. The first-order valence-corrected chi connectivity index (χ1v) is 8.79. The molecule has 0 atom stereocenters. The summed E-state index contributed by atoms with van der Waals surface area (Å²) in [7, 11) is 0. The number of amides is 1. The lowest BCUT2D eigenvalue weighted by atomic mass is 10.2. The summed E-state index contributed by atoms with van der Waals surface area (Å²) in [4.78, 5) is 41.4. The first-order valence-electron chi connectivity index (χ1n) is 8.41. The van der Waals surface area contributed by atoms with Crippen molar-refractivity contribution in [3.63, 3.8) is 0 Å². The van der Waals surface area contributed by atoms with Gasteiger partial charge in [0.1, 0.15) is 17.8 Å². The van der Waals surface area contributed by atoms with Crippen molar-refractivity contribution in [1.29, 1.82) is 0 Å². The quantitative estimate of drug-likeness (QED) is 0.649. The number of nitrogens with zero attached hydrogens (tertiary/aromatic N) is 3. The van der Waals surface area contributed by atoms with Crippen LogP contribution in [0.5, 0.6) is 0 Å². The van der Waals surface area contributed by atoms with Crippen LogP contribution in [0.2, 0.25) is 5.02 Å². The van der Waals surface area contributed by atoms with Gasteiger partial charge in [-0.15, -0.1) is 0 Å². The van der Waals surface area contributed by atoms with Crippen LogP contribution in [0.25, 0.3) is 11.1 Å². The van der Waals surface area contributed by atoms with Crippen molar-refractivity contribution in [2.45, 2.75) is 27.3 Å². The number of benzene rings is 1. The molecule has 0 saturated carbocycles. The summed E-state index contributed by atoms with van der Waals surface area (Å²) in [5, 5.41) is 6.48. The molecule has 28 heavy (non-hydrogen) atoms. The fourth-order valence-corrected chi connectivity index (χ4v) is 2.90. The molecule has 0 unspecified atom stereocenters. The highest BCUT2D eigenvalue weighted by molar-refractivity contribution is 6.33. The second kappa shape index (κ2) is 7.81. The molecule has 1 amide bonds. The highest BCUT2D eigenvalue weighted by atomic mass is 35.5. The SMILES string of the molecule is CCOC(=O)c1noc2nc(C)n(CC(=O)Nc3ccc(C)cc3Cl)c(=O)c12. The molecule has 146 valence electrons. The van der Waals surface area contributed by atoms with E-state index in [2.05, 4.69) is 15.5 Å². The zero-order valence-electron chi connectivity index (χ0n) is 15.4. The van der Waals surface area contributed by atoms with E-state index in [4.69, 9.17) is 20.9 Å². The highest BCUT2D eigenvalue weighted by Gasteiger charge is 2.24. The second-order valence-corrected chi connectivity index (χ2v) is 6.42. The minimum absolute atomic E-state index is 0.0937. The van der Waals surface area contributed by atoms with Crippen molar-refractivity contribution in [3.05, 3.63) is 50.7 Å². The van der Waals surface area contributed by atoms with E-state index < -0.39 is 17.4 Å². The van der Waals surface area contributed by atoms with Crippen molar-refractivity contribution in [3.8, 4) is 0 Å². The van der Waals surface area contributed by atoms with E-state index in [1.165, 1.54) is 0 Å². The molecule has 2 aromatic heterocycles. The molecule has 3 rings (SSSR count). The van der Waals surface area contributed by atoms with Crippen LogP contribution in [0.3, 0.4) is 0 Å². The molecule has 0 aliphatic rings. The molecule has 9 nitrogen and oxygen atoms in total. The number of halogens is 1. The standard InChI is InChI=1S/C18H17ClN4O5/c1-4-27-18(26)15-14-16(28-22-15)20-10(3)23(17(14)25)8-13(24)21-12-6-5-9(2)7-11(12)19/h5-7H,4,8H2,1-3H3,(H,21,24). The molecular formula is C18H17ClN4O5. The number of fused-ring (bicyclic) bond motifs is 1. The lowest BCUT2D eigenvalue weighted by Crippen LogP contribution is -2.30. The molecule has 0 spiro atoms. The van der Waals surface area contributed by atoms with Crippen LogP contribution in [-0.2, 0) is 16.1 Å². The molecule has 10 heteroatoms. The van der Waals surface area contributed by atoms with Crippen LogP contribution in [0.15, 0.2) is 27.5 Å². The predicted octanol–water partition coefficient (Wildman–Crippen LogP) is 2.47. The summed E-state index contributed by atoms with van der Waals surface area (Å²) in [5.74, 6) is -1.05. The van der Waals surface area contributed by atoms with Crippen molar-refractivity contribution in [2.24, 2.45) is 0 Å². The monoisotopic (exact) mass is 404 g/mol. The summed E-state index contributed by atoms with van der Waals surface area (Å²) in [6.07, 6.45) is 0. The Balaban J connectivity index is 1.94. The number of carbonyl (C=O) groups excluding carboxylic acids is 2. The van der Waals surface area contributed by atoms with Gasteiger partial charge in [-0.1, -0.05) is 22.8 Å². The predicted molar refractivity (Wildman–Crippen MR) is 102 cm³/mol. The van der Waals surface area contributed by atoms with Crippen LogP contribution < -0.4 is 10.9 Å². The average molecular weight is 405 g/mol. The van der Waals surface area contributed by atoms with Gasteiger partial charge in [0.2, 0.25) is 11.6 Å². The number of anilines is 1. The van der Waals surface area contributed by atoms with Crippen LogP contribution >= 0.6 is 11.6 Å². The third-order valence-electron chi connectivity index (χ3n) is 3.96. The molecule has 3 aromatic rings. The van der Waals surface area contributed by atoms with E-state index in [-0.39, 0.29) is 35.8 Å². The van der Waals surface area contributed by atoms with Crippen molar-refractivity contribution < 1.29 is 18.8 Å². The number of hydrogen-bond donors (Lipinski definition) is 1. The van der Waals surface area contributed by atoms with Crippen LogP contribution in [0, 0.1) is 13.8 Å². The van der Waals surface area contributed by atoms with Crippen molar-refractivity contribution >= 4 is 40.3 Å². The Bertz CT molecular complexity index is 1130. The Hall–Kier alpha value is -3.20. The van der Waals surface area contributed by atoms with Gasteiger partial charge in [0.05, 0.1) is 17.3 Å². The normalized spacial score (nSPS) is 10.9. The molecule has 2 heterocycles. The molecule has 0 bridgehead atoms. The van der Waals surface area contributed by atoms with E-state index in [9.17, 15) is 14.4 Å². The summed E-state index contributed by atoms with van der Waals surface area (Å²) in [5.41, 5.74) is 0.378. The van der Waals surface area contributed by atoms with Crippen molar-refractivity contribution in [2.75, 3.05) is 11.9 Å². The molecule has 0 saturated heterocycles. The smallest absolute Gasteiger partial charge is 0.361 e. The topological polar surface area (TPSA) is 116 Å². The Morgan fingerprint density at radius 1 is 1.32 bits per heavy atom. The van der Waals surface area contributed by atoms with Crippen LogP contribution in [0.1, 0.15) is 28.8 Å². The van der Waals surface area contributed by atoms with Gasteiger partial charge in [-0.2, -0.15) is 4.98 Å². The minimum Gasteiger partial charge on any atom is -0.461 e. The zero-order valence-corrected chi connectivity index (χ0v) is 16.2. The van der Waals surface area contributed by atoms with Crippen molar-refractivity contribution in [1.82, 2.24) is 14.7 Å². The molecule has 0 aliphatic carbocycles. The maximum atomic E-state index is 12.8. The van der Waals surface area contributed by atoms with Gasteiger partial charge in [-0.25, -0.2) is 4.79 Å². The number of esters is 1. The van der Waals surface area contributed by atoms with Gasteiger partial charge in [0.25, 0.3) is 11.3 Å². The number of ether oxygens (including phenoxy) is 1. The molecule has 0 radical (unpaired) electrons. The third-order valence-corrected chi connectivity index (χ3v) is 4.27. The highest BCUT2D eigenvalue weighted by Crippen LogP contribution is 2.22. The van der Waals surface area contributed by atoms with E-state index in [0.29, 0.717) is 10.7 Å². The van der Waals surface area contributed by atoms with Gasteiger partial charge in [0, 0.05) is 0 Å². The number of aryl methyl sites for hydroxylation is 2. The number of rotatable bonds is 5. The fraction of sp³-hybridized carbons (Fsp3) is 0.278. The molecule has 1 N–H and O–H groups in total. The van der Waals surface area contributed by atoms with Gasteiger partial charge in [-0.05, 0) is 38.5 Å². The molecule has 0 fully saturated rings. The number of nitrogens with one attached hydrogen (secondary N) is 1. The van der Waals surface area contributed by atoms with Gasteiger partial charge < -0.3 is 14.6 Å². The maximum absolute atomic E-state index is 12.8. The first kappa shape index (κ1) is 19.6. The minimum atomic E-state index is -0.800. The van der Waals surface area contributed by atoms with Gasteiger partial charge >= 0.3 is 5.97 Å². The Kier molecular flexibility index (Phi) is 5.46. The van der Waals surface area contributed by atoms with Gasteiger partial charge in [0.15, 0.2) is 0 Å². The van der Waals surface area contributed by atoms with Crippen LogP contribution in [-0.4, -0.2) is 33.2 Å². The Labute approximate surface area is 164 Å². The van der Waals surface area contributed by atoms with E-state index >= 15 is 0 Å². The van der Waals surface area contributed by atoms with E-state index in [0.717, 1.165) is 10.1 Å². The summed E-state index contributed by atoms with van der Waals surface area (Å²) in [6, 6.07) is 5.19. The number of carbonyl (C=O) groups is 2. The lowest BCUT2D eigenvalue weighted by Gasteiger charge is -2.11. The molecular weight excluding hydrogens is 388 g/mol. The van der Waals surface area contributed by atoms with Crippen LogP contribution in [0.4, 0.5) is 5.69 Å². The maximum Gasteiger partial charge on any atom is 0.361 e. The Morgan fingerprint density at radius 3 is 2.75 bits per heavy atom. The molecule has 1 aromatic carbocycles. The van der Waals surface area contributed by atoms with Gasteiger partial charge in [-0.3, -0.25) is 14.2 Å². The number of aromatic nitrogens is 3. The molecule has 0 aliphatic heterocycles. The third kappa shape index (κ3) is 3.74. The Morgan fingerprint density at radius 2 is 2.07 bits per heavy atom. The largest absolute Gasteiger partial charge is 0.461 e. The zero-order chi connectivity index (χ0) is 20.4.